The smallest absolute Gasteiger partial charge is 0.234 e. The standard InChI is InChI=1S/C20H22ClN3OS/c1-13(2)11-24-18-10-5-4-8-17(18)23-20(24)26-12-19(25)22-16-9-6-7-15(21)14(16)3/h4-10,13H,11-12H2,1-3H3,(H,22,25). The average molecular weight is 388 g/mol. The lowest BCUT2D eigenvalue weighted by molar-refractivity contribution is -0.113. The molecule has 136 valence electrons. The van der Waals surface area contributed by atoms with Crippen LogP contribution < -0.4 is 5.32 Å². The van der Waals surface area contributed by atoms with E-state index in [-0.39, 0.29) is 5.91 Å². The van der Waals surface area contributed by atoms with Gasteiger partial charge in [0.2, 0.25) is 5.91 Å². The summed E-state index contributed by atoms with van der Waals surface area (Å²) in [5.41, 5.74) is 3.69. The second-order valence-electron chi connectivity index (χ2n) is 6.64. The second kappa shape index (κ2) is 8.14. The van der Waals surface area contributed by atoms with Gasteiger partial charge >= 0.3 is 0 Å². The first kappa shape index (κ1) is 18.8. The van der Waals surface area contributed by atoms with Crippen molar-refractivity contribution in [3.8, 4) is 0 Å². The molecule has 0 saturated carbocycles. The molecule has 1 aromatic heterocycles. The van der Waals surface area contributed by atoms with Crippen LogP contribution in [-0.2, 0) is 11.3 Å². The Hall–Kier alpha value is -1.98. The van der Waals surface area contributed by atoms with E-state index < -0.39 is 0 Å². The van der Waals surface area contributed by atoms with Gasteiger partial charge in [0.05, 0.1) is 16.8 Å². The van der Waals surface area contributed by atoms with Crippen LogP contribution in [0.2, 0.25) is 5.02 Å². The van der Waals surface area contributed by atoms with Crippen LogP contribution >= 0.6 is 23.4 Å². The van der Waals surface area contributed by atoms with Crippen LogP contribution in [-0.4, -0.2) is 21.2 Å². The highest BCUT2D eigenvalue weighted by atomic mass is 35.5. The van der Waals surface area contributed by atoms with E-state index in [0.717, 1.165) is 34.0 Å². The number of thioether (sulfide) groups is 1. The number of aromatic nitrogens is 2. The van der Waals surface area contributed by atoms with Gasteiger partial charge in [0.1, 0.15) is 0 Å². The topological polar surface area (TPSA) is 46.9 Å². The molecule has 0 aliphatic heterocycles. The fourth-order valence-corrected chi connectivity index (χ4v) is 3.76. The van der Waals surface area contributed by atoms with Gasteiger partial charge in [0, 0.05) is 17.3 Å². The fraction of sp³-hybridized carbons (Fsp3) is 0.300. The van der Waals surface area contributed by atoms with Crippen molar-refractivity contribution in [1.29, 1.82) is 0 Å². The summed E-state index contributed by atoms with van der Waals surface area (Å²) >= 11 is 7.57. The molecule has 0 bridgehead atoms. The van der Waals surface area contributed by atoms with E-state index in [1.54, 1.807) is 0 Å². The van der Waals surface area contributed by atoms with Crippen molar-refractivity contribution in [2.75, 3.05) is 11.1 Å². The van der Waals surface area contributed by atoms with Gasteiger partial charge in [-0.05, 0) is 42.7 Å². The van der Waals surface area contributed by atoms with Crippen LogP contribution in [0.3, 0.4) is 0 Å². The zero-order chi connectivity index (χ0) is 18.7. The molecule has 0 aliphatic rings. The van der Waals surface area contributed by atoms with E-state index in [2.05, 4.69) is 29.8 Å². The van der Waals surface area contributed by atoms with Crippen molar-refractivity contribution in [3.05, 3.63) is 53.1 Å². The van der Waals surface area contributed by atoms with Crippen LogP contribution in [0.5, 0.6) is 0 Å². The largest absolute Gasteiger partial charge is 0.325 e. The Morgan fingerprint density at radius 1 is 1.23 bits per heavy atom. The van der Waals surface area contributed by atoms with Gasteiger partial charge in [0.25, 0.3) is 0 Å². The lowest BCUT2D eigenvalue weighted by atomic mass is 10.2. The average Bonchev–Trinajstić information content (AvgIpc) is 2.94. The number of para-hydroxylation sites is 2. The van der Waals surface area contributed by atoms with Gasteiger partial charge in [-0.25, -0.2) is 4.98 Å². The molecule has 0 aliphatic carbocycles. The number of carbonyl (C=O) groups excluding carboxylic acids is 1. The molecular weight excluding hydrogens is 366 g/mol. The number of fused-ring (bicyclic) bond motifs is 1. The fourth-order valence-electron chi connectivity index (χ4n) is 2.76. The third-order valence-electron chi connectivity index (χ3n) is 4.04. The summed E-state index contributed by atoms with van der Waals surface area (Å²) in [5.74, 6) is 0.728. The molecule has 4 nitrogen and oxygen atoms in total. The molecule has 1 N–H and O–H groups in total. The number of imidazole rings is 1. The van der Waals surface area contributed by atoms with Gasteiger partial charge in [-0.2, -0.15) is 0 Å². The molecule has 6 heteroatoms. The van der Waals surface area contributed by atoms with Crippen molar-refractivity contribution in [2.45, 2.75) is 32.5 Å². The highest BCUT2D eigenvalue weighted by Crippen LogP contribution is 2.26. The monoisotopic (exact) mass is 387 g/mol. The maximum absolute atomic E-state index is 12.4. The second-order valence-corrected chi connectivity index (χ2v) is 7.99. The lowest BCUT2D eigenvalue weighted by Gasteiger charge is -2.12. The van der Waals surface area contributed by atoms with Crippen LogP contribution in [0.25, 0.3) is 11.0 Å². The molecule has 1 amide bonds. The first-order chi connectivity index (χ1) is 12.5. The number of nitrogens with one attached hydrogen (secondary N) is 1. The number of anilines is 1. The first-order valence-electron chi connectivity index (χ1n) is 8.58. The summed E-state index contributed by atoms with van der Waals surface area (Å²) < 4.78 is 2.20. The molecule has 0 spiro atoms. The Kier molecular flexibility index (Phi) is 5.89. The molecule has 0 radical (unpaired) electrons. The van der Waals surface area contributed by atoms with E-state index in [1.807, 2.05) is 43.3 Å². The molecule has 2 aromatic carbocycles. The van der Waals surface area contributed by atoms with E-state index in [9.17, 15) is 4.79 Å². The quantitative estimate of drug-likeness (QED) is 0.577. The Morgan fingerprint density at radius 3 is 2.77 bits per heavy atom. The minimum absolute atomic E-state index is 0.0662. The number of hydrogen-bond donors (Lipinski definition) is 1. The molecular formula is C20H22ClN3OS. The molecule has 26 heavy (non-hydrogen) atoms. The predicted molar refractivity (Wildman–Crippen MR) is 110 cm³/mol. The summed E-state index contributed by atoms with van der Waals surface area (Å²) in [4.78, 5) is 17.1. The molecule has 0 atom stereocenters. The molecule has 0 fully saturated rings. The third-order valence-corrected chi connectivity index (χ3v) is 5.43. The van der Waals surface area contributed by atoms with Gasteiger partial charge in [-0.1, -0.05) is 55.4 Å². The van der Waals surface area contributed by atoms with E-state index in [4.69, 9.17) is 16.6 Å². The predicted octanol–water partition coefficient (Wildman–Crippen LogP) is 5.38. The van der Waals surface area contributed by atoms with E-state index in [0.29, 0.717) is 16.7 Å². The summed E-state index contributed by atoms with van der Waals surface area (Å²) in [7, 11) is 0. The van der Waals surface area contributed by atoms with Gasteiger partial charge in [-0.15, -0.1) is 0 Å². The maximum atomic E-state index is 12.4. The number of rotatable bonds is 6. The number of halogens is 1. The summed E-state index contributed by atoms with van der Waals surface area (Å²) in [6.07, 6.45) is 0. The molecule has 0 unspecified atom stereocenters. The van der Waals surface area contributed by atoms with Crippen LogP contribution in [0.4, 0.5) is 5.69 Å². The minimum atomic E-state index is -0.0662. The number of benzene rings is 2. The normalized spacial score (nSPS) is 11.3. The van der Waals surface area contributed by atoms with Crippen molar-refractivity contribution in [2.24, 2.45) is 5.92 Å². The molecule has 3 aromatic rings. The minimum Gasteiger partial charge on any atom is -0.325 e. The number of carbonyl (C=O) groups is 1. The molecule has 0 saturated heterocycles. The zero-order valence-corrected chi connectivity index (χ0v) is 16.7. The van der Waals surface area contributed by atoms with Crippen LogP contribution in [0.15, 0.2) is 47.6 Å². The summed E-state index contributed by atoms with van der Waals surface area (Å²) in [6, 6.07) is 13.6. The number of amides is 1. The van der Waals surface area contributed by atoms with Crippen molar-refractivity contribution >= 4 is 46.0 Å². The Bertz CT molecular complexity index is 936. The van der Waals surface area contributed by atoms with E-state index in [1.165, 1.54) is 11.8 Å². The SMILES string of the molecule is Cc1c(Cl)cccc1NC(=O)CSc1nc2ccccc2n1CC(C)C. The highest BCUT2D eigenvalue weighted by molar-refractivity contribution is 7.99. The van der Waals surface area contributed by atoms with Crippen molar-refractivity contribution in [3.63, 3.8) is 0 Å². The van der Waals surface area contributed by atoms with Gasteiger partial charge in [-0.3, -0.25) is 4.79 Å². The Morgan fingerprint density at radius 2 is 2.00 bits per heavy atom. The number of nitrogens with zero attached hydrogens (tertiary/aromatic N) is 2. The molecule has 3 rings (SSSR count). The van der Waals surface area contributed by atoms with Gasteiger partial charge in [0.15, 0.2) is 5.16 Å². The zero-order valence-electron chi connectivity index (χ0n) is 15.1. The van der Waals surface area contributed by atoms with Crippen LogP contribution in [0, 0.1) is 12.8 Å². The first-order valence-corrected chi connectivity index (χ1v) is 9.95. The number of hydrogen-bond acceptors (Lipinski definition) is 3. The highest BCUT2D eigenvalue weighted by Gasteiger charge is 2.14. The maximum Gasteiger partial charge on any atom is 0.234 e. The Labute approximate surface area is 163 Å². The Balaban J connectivity index is 1.74. The summed E-state index contributed by atoms with van der Waals surface area (Å²) in [6.45, 7) is 7.13. The summed E-state index contributed by atoms with van der Waals surface area (Å²) in [5, 5.41) is 4.45. The van der Waals surface area contributed by atoms with Crippen molar-refractivity contribution in [1.82, 2.24) is 9.55 Å². The molecule has 1 heterocycles. The van der Waals surface area contributed by atoms with Crippen LogP contribution in [0.1, 0.15) is 19.4 Å². The van der Waals surface area contributed by atoms with Gasteiger partial charge < -0.3 is 9.88 Å². The van der Waals surface area contributed by atoms with Crippen molar-refractivity contribution < 1.29 is 4.79 Å². The third kappa shape index (κ3) is 4.22. The van der Waals surface area contributed by atoms with E-state index >= 15 is 0 Å². The lowest BCUT2D eigenvalue weighted by Crippen LogP contribution is -2.15.